The number of imidazole rings is 1. The lowest BCUT2D eigenvalue weighted by Crippen LogP contribution is -2.27. The Kier molecular flexibility index (Phi) is 4.48. The first kappa shape index (κ1) is 11.6. The monoisotopic (exact) mass is 213 g/mol. The largest absolute Gasteiger partial charge is 0.337 e. The zero-order chi connectivity index (χ0) is 10.6. The van der Waals surface area contributed by atoms with Gasteiger partial charge in [0.25, 0.3) is 0 Å². The van der Waals surface area contributed by atoms with Crippen molar-refractivity contribution in [1.29, 1.82) is 0 Å². The molecule has 1 aromatic heterocycles. The van der Waals surface area contributed by atoms with Crippen molar-refractivity contribution in [2.75, 3.05) is 12.8 Å². The lowest BCUT2D eigenvalue weighted by atomic mass is 10.3. The number of nitrogens with zero attached hydrogens (tertiary/aromatic N) is 2. The molecule has 0 saturated carbocycles. The van der Waals surface area contributed by atoms with Crippen LogP contribution < -0.4 is 5.32 Å². The van der Waals surface area contributed by atoms with Gasteiger partial charge < -0.3 is 9.88 Å². The first-order chi connectivity index (χ1) is 6.65. The second-order valence-corrected chi connectivity index (χ2v) is 4.85. The predicted molar refractivity (Wildman–Crippen MR) is 62.6 cm³/mol. The zero-order valence-corrected chi connectivity index (χ0v) is 10.1. The molecule has 1 rings (SSSR count). The number of hydrogen-bond acceptors (Lipinski definition) is 3. The fourth-order valence-corrected chi connectivity index (χ4v) is 1.57. The average molecular weight is 213 g/mol. The van der Waals surface area contributed by atoms with E-state index in [0.29, 0.717) is 11.3 Å². The van der Waals surface area contributed by atoms with Crippen LogP contribution in [0.4, 0.5) is 0 Å². The van der Waals surface area contributed by atoms with Gasteiger partial charge in [-0.05, 0) is 13.2 Å². The van der Waals surface area contributed by atoms with Crippen molar-refractivity contribution in [3.05, 3.63) is 18.2 Å². The summed E-state index contributed by atoms with van der Waals surface area (Å²) in [6.45, 7) is 5.40. The van der Waals surface area contributed by atoms with E-state index >= 15 is 0 Å². The molecule has 2 unspecified atom stereocenters. The molecule has 0 aliphatic heterocycles. The topological polar surface area (TPSA) is 29.9 Å². The van der Waals surface area contributed by atoms with Gasteiger partial charge in [-0.15, -0.1) is 0 Å². The molecule has 80 valence electrons. The van der Waals surface area contributed by atoms with Crippen molar-refractivity contribution in [2.45, 2.75) is 25.1 Å². The summed E-state index contributed by atoms with van der Waals surface area (Å²) in [6.07, 6.45) is 5.95. The van der Waals surface area contributed by atoms with Crippen LogP contribution in [0.2, 0.25) is 0 Å². The molecule has 2 atom stereocenters. The van der Waals surface area contributed by atoms with Crippen LogP contribution >= 0.6 is 11.8 Å². The first-order valence-corrected chi connectivity index (χ1v) is 6.17. The fraction of sp³-hybridized carbons (Fsp3) is 0.700. The molecule has 14 heavy (non-hydrogen) atoms. The third-order valence-corrected chi connectivity index (χ3v) is 3.33. The van der Waals surface area contributed by atoms with Crippen LogP contribution in [0.3, 0.4) is 0 Å². The zero-order valence-electron chi connectivity index (χ0n) is 9.32. The molecule has 0 spiro atoms. The van der Waals surface area contributed by atoms with Crippen LogP contribution in [-0.4, -0.2) is 27.6 Å². The Labute approximate surface area is 90.3 Å². The van der Waals surface area contributed by atoms with Crippen molar-refractivity contribution in [2.24, 2.45) is 7.05 Å². The van der Waals surface area contributed by atoms with Crippen LogP contribution in [0.5, 0.6) is 0 Å². The lowest BCUT2D eigenvalue weighted by molar-refractivity contribution is 0.533. The van der Waals surface area contributed by atoms with Gasteiger partial charge in [0, 0.05) is 31.2 Å². The van der Waals surface area contributed by atoms with E-state index in [1.165, 1.54) is 0 Å². The molecule has 0 aliphatic carbocycles. The smallest absolute Gasteiger partial charge is 0.125 e. The van der Waals surface area contributed by atoms with E-state index in [0.717, 1.165) is 12.4 Å². The van der Waals surface area contributed by atoms with Gasteiger partial charge in [-0.3, -0.25) is 0 Å². The minimum atomic E-state index is 0.324. The summed E-state index contributed by atoms with van der Waals surface area (Å²) in [4.78, 5) is 4.31. The van der Waals surface area contributed by atoms with E-state index in [4.69, 9.17) is 0 Å². The summed E-state index contributed by atoms with van der Waals surface area (Å²) in [5.74, 6) is 1.10. The van der Waals surface area contributed by atoms with Crippen LogP contribution in [0.1, 0.15) is 25.7 Å². The van der Waals surface area contributed by atoms with Crippen molar-refractivity contribution >= 4 is 11.8 Å². The van der Waals surface area contributed by atoms with Gasteiger partial charge >= 0.3 is 0 Å². The molecule has 0 saturated heterocycles. The summed E-state index contributed by atoms with van der Waals surface area (Å²) in [5, 5.41) is 4.12. The second-order valence-electron chi connectivity index (χ2n) is 3.57. The van der Waals surface area contributed by atoms with Gasteiger partial charge in [0.05, 0.1) is 6.04 Å². The first-order valence-electron chi connectivity index (χ1n) is 4.88. The lowest BCUT2D eigenvalue weighted by Gasteiger charge is -2.16. The standard InChI is InChI=1S/C10H19N3S/c1-8(14-4)7-12-9(2)10-11-5-6-13(10)3/h5-6,8-9,12H,7H2,1-4H3. The third kappa shape index (κ3) is 3.03. The van der Waals surface area contributed by atoms with Gasteiger partial charge in [0.1, 0.15) is 5.82 Å². The molecule has 0 aliphatic rings. The van der Waals surface area contributed by atoms with E-state index in [1.54, 1.807) is 0 Å². The Bertz CT molecular complexity index is 272. The molecule has 1 aromatic rings. The van der Waals surface area contributed by atoms with Gasteiger partial charge in [-0.1, -0.05) is 6.92 Å². The number of aryl methyl sites for hydroxylation is 1. The highest BCUT2D eigenvalue weighted by molar-refractivity contribution is 7.99. The summed E-state index contributed by atoms with van der Waals surface area (Å²) < 4.78 is 2.06. The summed E-state index contributed by atoms with van der Waals surface area (Å²) in [5.41, 5.74) is 0. The van der Waals surface area contributed by atoms with Gasteiger partial charge in [0.15, 0.2) is 0 Å². The SMILES string of the molecule is CSC(C)CNC(C)c1nccn1C. The molecule has 4 heteroatoms. The molecule has 0 radical (unpaired) electrons. The van der Waals surface area contributed by atoms with Crippen molar-refractivity contribution in [3.8, 4) is 0 Å². The Morgan fingerprint density at radius 2 is 2.29 bits per heavy atom. The van der Waals surface area contributed by atoms with Crippen LogP contribution in [0.15, 0.2) is 12.4 Å². The minimum absolute atomic E-state index is 0.324. The van der Waals surface area contributed by atoms with Crippen molar-refractivity contribution in [1.82, 2.24) is 14.9 Å². The van der Waals surface area contributed by atoms with Gasteiger partial charge in [-0.2, -0.15) is 11.8 Å². The Morgan fingerprint density at radius 1 is 1.57 bits per heavy atom. The summed E-state index contributed by atoms with van der Waals surface area (Å²) in [6, 6.07) is 0.324. The molecule has 1 N–H and O–H groups in total. The van der Waals surface area contributed by atoms with Crippen LogP contribution in [0.25, 0.3) is 0 Å². The van der Waals surface area contributed by atoms with E-state index in [-0.39, 0.29) is 0 Å². The molecular formula is C10H19N3S. The molecule has 1 heterocycles. The summed E-state index contributed by atoms with van der Waals surface area (Å²) in [7, 11) is 2.03. The van der Waals surface area contributed by atoms with Crippen LogP contribution in [0, 0.1) is 0 Å². The van der Waals surface area contributed by atoms with Crippen LogP contribution in [-0.2, 0) is 7.05 Å². The highest BCUT2D eigenvalue weighted by Crippen LogP contribution is 2.10. The van der Waals surface area contributed by atoms with E-state index in [2.05, 4.69) is 35.0 Å². The highest BCUT2D eigenvalue weighted by Gasteiger charge is 2.10. The average Bonchev–Trinajstić information content (AvgIpc) is 2.60. The number of hydrogen-bond donors (Lipinski definition) is 1. The normalized spacial score (nSPS) is 15.4. The predicted octanol–water partition coefficient (Wildman–Crippen LogP) is 1.82. The Balaban J connectivity index is 2.43. The van der Waals surface area contributed by atoms with Crippen molar-refractivity contribution < 1.29 is 0 Å². The molecule has 3 nitrogen and oxygen atoms in total. The fourth-order valence-electron chi connectivity index (χ4n) is 1.31. The molecule has 0 aromatic carbocycles. The molecule has 0 amide bonds. The van der Waals surface area contributed by atoms with E-state index in [9.17, 15) is 0 Å². The maximum Gasteiger partial charge on any atom is 0.125 e. The van der Waals surface area contributed by atoms with Gasteiger partial charge in [0.2, 0.25) is 0 Å². The highest BCUT2D eigenvalue weighted by atomic mass is 32.2. The van der Waals surface area contributed by atoms with E-state index in [1.807, 2.05) is 31.2 Å². The Morgan fingerprint density at radius 3 is 2.79 bits per heavy atom. The summed E-state index contributed by atoms with van der Waals surface area (Å²) >= 11 is 1.88. The number of aromatic nitrogens is 2. The molecule has 0 fully saturated rings. The quantitative estimate of drug-likeness (QED) is 0.809. The third-order valence-electron chi connectivity index (χ3n) is 2.36. The second kappa shape index (κ2) is 5.41. The maximum atomic E-state index is 4.31. The number of rotatable bonds is 5. The number of nitrogens with one attached hydrogen (secondary N) is 1. The number of thioether (sulfide) groups is 1. The van der Waals surface area contributed by atoms with Gasteiger partial charge in [-0.25, -0.2) is 4.98 Å². The molecular weight excluding hydrogens is 194 g/mol. The maximum absolute atomic E-state index is 4.31. The molecule has 0 bridgehead atoms. The minimum Gasteiger partial charge on any atom is -0.337 e. The van der Waals surface area contributed by atoms with Crippen molar-refractivity contribution in [3.63, 3.8) is 0 Å². The van der Waals surface area contributed by atoms with E-state index < -0.39 is 0 Å². The Hall–Kier alpha value is -0.480.